The fourth-order valence-electron chi connectivity index (χ4n) is 3.12. The number of carbonyl (C=O) groups excluding carboxylic acids is 1. The summed E-state index contributed by atoms with van der Waals surface area (Å²) in [6, 6.07) is 10.0. The van der Waals surface area contributed by atoms with E-state index in [1.807, 2.05) is 42.2 Å². The second kappa shape index (κ2) is 6.53. The van der Waals surface area contributed by atoms with E-state index in [1.165, 1.54) is 0 Å². The van der Waals surface area contributed by atoms with Gasteiger partial charge in [0.25, 0.3) is 0 Å². The lowest BCUT2D eigenvalue weighted by molar-refractivity contribution is -0.131. The Morgan fingerprint density at radius 1 is 1.45 bits per heavy atom. The molecular weight excluding hydrogens is 298 g/mol. The van der Waals surface area contributed by atoms with Crippen LogP contribution in [-0.4, -0.2) is 33.6 Å². The molecule has 1 atom stereocenters. The number of amides is 1. The van der Waals surface area contributed by atoms with E-state index in [9.17, 15) is 4.79 Å². The summed E-state index contributed by atoms with van der Waals surface area (Å²) in [5, 5.41) is 7.82. The number of likely N-dealkylation sites (tertiary alicyclic amines) is 1. The maximum atomic E-state index is 12.5. The Bertz CT molecular complexity index is 667. The molecule has 0 aliphatic carbocycles. The minimum atomic E-state index is 0.154. The first-order valence-electron chi connectivity index (χ1n) is 7.67. The van der Waals surface area contributed by atoms with Gasteiger partial charge in [-0.1, -0.05) is 29.8 Å². The lowest BCUT2D eigenvalue weighted by atomic mass is 10.0. The first-order chi connectivity index (χ1) is 10.6. The van der Waals surface area contributed by atoms with Gasteiger partial charge in [0.15, 0.2) is 0 Å². The molecule has 0 spiro atoms. The van der Waals surface area contributed by atoms with Crippen molar-refractivity contribution in [3.05, 3.63) is 52.3 Å². The van der Waals surface area contributed by atoms with Crippen LogP contribution in [0.3, 0.4) is 0 Å². The van der Waals surface area contributed by atoms with Gasteiger partial charge < -0.3 is 4.90 Å². The number of halogens is 1. The molecule has 1 fully saturated rings. The van der Waals surface area contributed by atoms with Crippen LogP contribution in [0, 0.1) is 6.92 Å². The molecule has 1 amide bonds. The van der Waals surface area contributed by atoms with Gasteiger partial charge in [-0.2, -0.15) is 5.10 Å². The predicted molar refractivity (Wildman–Crippen MR) is 86.9 cm³/mol. The smallest absolute Gasteiger partial charge is 0.228 e. The number of hydrogen-bond donors (Lipinski definition) is 1. The molecular formula is C17H20ClN3O. The molecule has 0 saturated carbocycles. The van der Waals surface area contributed by atoms with Crippen molar-refractivity contribution in [2.45, 2.75) is 38.6 Å². The van der Waals surface area contributed by atoms with Crippen LogP contribution in [0.4, 0.5) is 0 Å². The van der Waals surface area contributed by atoms with Crippen LogP contribution >= 0.6 is 11.6 Å². The molecule has 22 heavy (non-hydrogen) atoms. The second-order valence-corrected chi connectivity index (χ2v) is 6.30. The van der Waals surface area contributed by atoms with E-state index in [0.29, 0.717) is 6.42 Å². The van der Waals surface area contributed by atoms with Gasteiger partial charge >= 0.3 is 0 Å². The number of rotatable bonds is 4. The SMILES string of the molecule is Cc1cc(CC(=O)N2CCC[C@H]2Cc2ccccc2Cl)n[nH]1. The number of hydrogen-bond acceptors (Lipinski definition) is 2. The molecule has 1 N–H and O–H groups in total. The quantitative estimate of drug-likeness (QED) is 0.941. The van der Waals surface area contributed by atoms with Crippen molar-refractivity contribution < 1.29 is 4.79 Å². The zero-order valence-electron chi connectivity index (χ0n) is 12.7. The van der Waals surface area contributed by atoms with Gasteiger partial charge in [-0.25, -0.2) is 0 Å². The lowest BCUT2D eigenvalue weighted by Crippen LogP contribution is -2.37. The van der Waals surface area contributed by atoms with Gasteiger partial charge in [0.05, 0.1) is 12.1 Å². The average molecular weight is 318 g/mol. The highest BCUT2D eigenvalue weighted by atomic mass is 35.5. The summed E-state index contributed by atoms with van der Waals surface area (Å²) in [7, 11) is 0. The third kappa shape index (κ3) is 3.33. The average Bonchev–Trinajstić information content (AvgIpc) is 3.10. The van der Waals surface area contributed by atoms with Gasteiger partial charge in [-0.15, -0.1) is 0 Å². The van der Waals surface area contributed by atoms with Crippen molar-refractivity contribution in [2.75, 3.05) is 6.54 Å². The summed E-state index contributed by atoms with van der Waals surface area (Å²) in [5.41, 5.74) is 2.91. The summed E-state index contributed by atoms with van der Waals surface area (Å²) in [6.45, 7) is 2.77. The predicted octanol–water partition coefficient (Wildman–Crippen LogP) is 3.15. The van der Waals surface area contributed by atoms with Gasteiger partial charge in [-0.05, 0) is 43.9 Å². The molecule has 4 nitrogen and oxygen atoms in total. The Kier molecular flexibility index (Phi) is 4.48. The Labute approximate surface area is 135 Å². The number of H-pyrrole nitrogens is 1. The van der Waals surface area contributed by atoms with Crippen LogP contribution in [0.5, 0.6) is 0 Å². The largest absolute Gasteiger partial charge is 0.339 e. The van der Waals surface area contributed by atoms with Crippen molar-refractivity contribution in [1.29, 1.82) is 0 Å². The fourth-order valence-corrected chi connectivity index (χ4v) is 3.33. The fraction of sp³-hybridized carbons (Fsp3) is 0.412. The van der Waals surface area contributed by atoms with Crippen LogP contribution in [0.1, 0.15) is 29.8 Å². The van der Waals surface area contributed by atoms with Crippen LogP contribution in [0.25, 0.3) is 0 Å². The van der Waals surface area contributed by atoms with E-state index in [1.54, 1.807) is 0 Å². The van der Waals surface area contributed by atoms with Crippen molar-refractivity contribution in [3.63, 3.8) is 0 Å². The normalized spacial score (nSPS) is 17.9. The monoisotopic (exact) mass is 317 g/mol. The third-order valence-electron chi connectivity index (χ3n) is 4.20. The van der Waals surface area contributed by atoms with Crippen molar-refractivity contribution in [2.24, 2.45) is 0 Å². The Morgan fingerprint density at radius 3 is 3.00 bits per heavy atom. The van der Waals surface area contributed by atoms with Gasteiger partial charge in [0, 0.05) is 23.3 Å². The molecule has 1 saturated heterocycles. The lowest BCUT2D eigenvalue weighted by Gasteiger charge is -2.25. The molecule has 0 radical (unpaired) electrons. The summed E-state index contributed by atoms with van der Waals surface area (Å²) in [6.07, 6.45) is 3.28. The van der Waals surface area contributed by atoms with Crippen molar-refractivity contribution in [1.82, 2.24) is 15.1 Å². The van der Waals surface area contributed by atoms with E-state index < -0.39 is 0 Å². The number of benzene rings is 1. The molecule has 1 aliphatic heterocycles. The van der Waals surface area contributed by atoms with E-state index in [-0.39, 0.29) is 11.9 Å². The molecule has 3 rings (SSSR count). The van der Waals surface area contributed by atoms with Gasteiger partial charge in [-0.3, -0.25) is 9.89 Å². The maximum absolute atomic E-state index is 12.5. The molecule has 116 valence electrons. The molecule has 5 heteroatoms. The van der Waals surface area contributed by atoms with Crippen molar-refractivity contribution >= 4 is 17.5 Å². The number of nitrogens with zero attached hydrogens (tertiary/aromatic N) is 2. The zero-order chi connectivity index (χ0) is 15.5. The first-order valence-corrected chi connectivity index (χ1v) is 8.05. The Morgan fingerprint density at radius 2 is 2.27 bits per heavy atom. The summed E-state index contributed by atoms with van der Waals surface area (Å²) >= 11 is 6.24. The topological polar surface area (TPSA) is 49.0 Å². The number of nitrogens with one attached hydrogen (secondary N) is 1. The molecule has 1 aromatic carbocycles. The van der Waals surface area contributed by atoms with Crippen molar-refractivity contribution in [3.8, 4) is 0 Å². The van der Waals surface area contributed by atoms with Crippen LogP contribution in [0.15, 0.2) is 30.3 Å². The highest BCUT2D eigenvalue weighted by Crippen LogP contribution is 2.25. The number of aryl methyl sites for hydroxylation is 1. The van der Waals surface area contributed by atoms with Gasteiger partial charge in [0.2, 0.25) is 5.91 Å². The maximum Gasteiger partial charge on any atom is 0.228 e. The minimum Gasteiger partial charge on any atom is -0.339 e. The number of aromatic nitrogens is 2. The second-order valence-electron chi connectivity index (χ2n) is 5.90. The highest BCUT2D eigenvalue weighted by molar-refractivity contribution is 6.31. The molecule has 0 unspecified atom stereocenters. The van der Waals surface area contributed by atoms with Crippen LogP contribution in [-0.2, 0) is 17.6 Å². The van der Waals surface area contributed by atoms with Crippen LogP contribution in [0.2, 0.25) is 5.02 Å². The highest BCUT2D eigenvalue weighted by Gasteiger charge is 2.29. The Hall–Kier alpha value is -1.81. The van der Waals surface area contributed by atoms with E-state index in [2.05, 4.69) is 10.2 Å². The molecule has 0 bridgehead atoms. The minimum absolute atomic E-state index is 0.154. The first kappa shape index (κ1) is 15.1. The molecule has 2 heterocycles. The third-order valence-corrected chi connectivity index (χ3v) is 4.57. The standard InChI is InChI=1S/C17H20ClN3O/c1-12-9-14(20-19-12)11-17(22)21-8-4-6-15(21)10-13-5-2-3-7-16(13)18/h2-3,5,7,9,15H,4,6,8,10-11H2,1H3,(H,19,20)/t15-/m0/s1. The number of carbonyl (C=O) groups is 1. The summed E-state index contributed by atoms with van der Waals surface area (Å²) < 4.78 is 0. The van der Waals surface area contributed by atoms with E-state index >= 15 is 0 Å². The van der Waals surface area contributed by atoms with Crippen LogP contribution < -0.4 is 0 Å². The summed E-state index contributed by atoms with van der Waals surface area (Å²) in [5.74, 6) is 0.154. The van der Waals surface area contributed by atoms with E-state index in [4.69, 9.17) is 11.6 Å². The summed E-state index contributed by atoms with van der Waals surface area (Å²) in [4.78, 5) is 14.5. The Balaban J connectivity index is 1.67. The molecule has 1 aromatic heterocycles. The number of aromatic amines is 1. The van der Waals surface area contributed by atoms with E-state index in [0.717, 1.165) is 47.8 Å². The molecule has 2 aromatic rings. The molecule has 1 aliphatic rings. The van der Waals surface area contributed by atoms with Gasteiger partial charge in [0.1, 0.15) is 0 Å². The zero-order valence-corrected chi connectivity index (χ0v) is 13.4.